The summed E-state index contributed by atoms with van der Waals surface area (Å²) < 4.78 is 1.75. The standard InChI is InChI=1S/C26H20N4O/c31-23-17-16-21-18-27-26(28-22-14-8-3-9-15-22)29-25(21)30(23)24(19-10-4-1-5-11-19)20-12-6-2-7-13-20/h1-18,24H,(H,27,28,29). The molecule has 5 aromatic rings. The second-order valence-corrected chi connectivity index (χ2v) is 7.23. The van der Waals surface area contributed by atoms with Gasteiger partial charge in [-0.1, -0.05) is 78.9 Å². The minimum Gasteiger partial charge on any atom is -0.324 e. The molecule has 3 aromatic carbocycles. The van der Waals surface area contributed by atoms with Crippen LogP contribution in [0.5, 0.6) is 0 Å². The molecule has 1 N–H and O–H groups in total. The fraction of sp³-hybridized carbons (Fsp3) is 0.0385. The van der Waals surface area contributed by atoms with E-state index in [0.717, 1.165) is 22.2 Å². The first-order chi connectivity index (χ1) is 15.3. The lowest BCUT2D eigenvalue weighted by Crippen LogP contribution is -2.27. The number of nitrogens with zero attached hydrogens (tertiary/aromatic N) is 3. The van der Waals surface area contributed by atoms with Crippen LogP contribution in [0.15, 0.2) is 114 Å². The topological polar surface area (TPSA) is 59.8 Å². The number of rotatable bonds is 5. The highest BCUT2D eigenvalue weighted by Gasteiger charge is 2.20. The van der Waals surface area contributed by atoms with Crippen molar-refractivity contribution in [1.82, 2.24) is 14.5 Å². The first-order valence-electron chi connectivity index (χ1n) is 10.1. The summed E-state index contributed by atoms with van der Waals surface area (Å²) in [6.45, 7) is 0. The second-order valence-electron chi connectivity index (χ2n) is 7.23. The van der Waals surface area contributed by atoms with Crippen molar-refractivity contribution >= 4 is 22.7 Å². The summed E-state index contributed by atoms with van der Waals surface area (Å²) in [6, 6.07) is 32.8. The van der Waals surface area contributed by atoms with E-state index in [2.05, 4.69) is 10.3 Å². The van der Waals surface area contributed by atoms with Gasteiger partial charge in [-0.3, -0.25) is 9.36 Å². The second kappa shape index (κ2) is 8.24. The molecule has 0 spiro atoms. The van der Waals surface area contributed by atoms with Gasteiger partial charge in [0.25, 0.3) is 5.56 Å². The van der Waals surface area contributed by atoms with Gasteiger partial charge in [0, 0.05) is 23.3 Å². The average molecular weight is 404 g/mol. The Balaban J connectivity index is 1.72. The number of aromatic nitrogens is 3. The lowest BCUT2D eigenvalue weighted by molar-refractivity contribution is 0.669. The molecule has 0 aliphatic carbocycles. The molecule has 2 heterocycles. The predicted molar refractivity (Wildman–Crippen MR) is 124 cm³/mol. The van der Waals surface area contributed by atoms with Crippen LogP contribution < -0.4 is 10.9 Å². The third-order valence-corrected chi connectivity index (χ3v) is 5.19. The van der Waals surface area contributed by atoms with Gasteiger partial charge in [-0.05, 0) is 29.3 Å². The minimum atomic E-state index is -0.307. The zero-order chi connectivity index (χ0) is 21.0. The highest BCUT2D eigenvalue weighted by molar-refractivity contribution is 5.76. The largest absolute Gasteiger partial charge is 0.324 e. The normalized spacial score (nSPS) is 11.0. The summed E-state index contributed by atoms with van der Waals surface area (Å²) in [5.41, 5.74) is 3.38. The Kier molecular flexibility index (Phi) is 4.99. The fourth-order valence-electron chi connectivity index (χ4n) is 3.76. The lowest BCUT2D eigenvalue weighted by Gasteiger charge is -2.22. The van der Waals surface area contributed by atoms with E-state index < -0.39 is 0 Å². The highest BCUT2D eigenvalue weighted by atomic mass is 16.1. The lowest BCUT2D eigenvalue weighted by atomic mass is 9.98. The van der Waals surface area contributed by atoms with Gasteiger partial charge in [-0.15, -0.1) is 0 Å². The van der Waals surface area contributed by atoms with Gasteiger partial charge in [0.15, 0.2) is 0 Å². The molecule has 5 nitrogen and oxygen atoms in total. The van der Waals surface area contributed by atoms with Crippen molar-refractivity contribution < 1.29 is 0 Å². The summed E-state index contributed by atoms with van der Waals surface area (Å²) in [5.74, 6) is 0.443. The summed E-state index contributed by atoms with van der Waals surface area (Å²) in [7, 11) is 0. The van der Waals surface area contributed by atoms with Gasteiger partial charge >= 0.3 is 0 Å². The number of hydrogen-bond donors (Lipinski definition) is 1. The zero-order valence-electron chi connectivity index (χ0n) is 16.7. The first kappa shape index (κ1) is 18.8. The Morgan fingerprint density at radius 2 is 1.29 bits per heavy atom. The summed E-state index contributed by atoms with van der Waals surface area (Å²) in [5, 5.41) is 4.02. The molecule has 5 heteroatoms. The molecule has 0 saturated heterocycles. The number of nitrogens with one attached hydrogen (secondary N) is 1. The summed E-state index contributed by atoms with van der Waals surface area (Å²) in [6.07, 6.45) is 1.75. The molecular formula is C26H20N4O. The van der Waals surface area contributed by atoms with Crippen molar-refractivity contribution in [3.8, 4) is 0 Å². The Hall–Kier alpha value is -4.25. The van der Waals surface area contributed by atoms with Gasteiger partial charge in [-0.2, -0.15) is 4.98 Å². The molecule has 2 aromatic heterocycles. The predicted octanol–water partition coefficient (Wildman–Crippen LogP) is 5.17. The van der Waals surface area contributed by atoms with Gasteiger partial charge in [0.2, 0.25) is 5.95 Å². The van der Waals surface area contributed by atoms with Crippen LogP contribution >= 0.6 is 0 Å². The van der Waals surface area contributed by atoms with Gasteiger partial charge in [0.05, 0.1) is 6.04 Å². The molecule has 0 bridgehead atoms. The van der Waals surface area contributed by atoms with E-state index in [9.17, 15) is 4.79 Å². The van der Waals surface area contributed by atoms with Crippen molar-refractivity contribution in [2.75, 3.05) is 5.32 Å². The van der Waals surface area contributed by atoms with Crippen molar-refractivity contribution in [2.45, 2.75) is 6.04 Å². The van der Waals surface area contributed by atoms with Crippen molar-refractivity contribution in [1.29, 1.82) is 0 Å². The SMILES string of the molecule is O=c1ccc2cnc(Nc3ccccc3)nc2n1C(c1ccccc1)c1ccccc1. The van der Waals surface area contributed by atoms with E-state index in [1.807, 2.05) is 91.0 Å². The number of fused-ring (bicyclic) bond motifs is 1. The third-order valence-electron chi connectivity index (χ3n) is 5.19. The molecule has 0 radical (unpaired) electrons. The van der Waals surface area contributed by atoms with Crippen LogP contribution in [0.1, 0.15) is 17.2 Å². The molecule has 5 rings (SSSR count). The summed E-state index contributed by atoms with van der Waals surface area (Å²) >= 11 is 0. The van der Waals surface area contributed by atoms with E-state index in [0.29, 0.717) is 11.6 Å². The first-order valence-corrected chi connectivity index (χ1v) is 10.1. The smallest absolute Gasteiger partial charge is 0.253 e. The van der Waals surface area contributed by atoms with Gasteiger partial charge in [0.1, 0.15) is 5.65 Å². The molecule has 0 fully saturated rings. The van der Waals surface area contributed by atoms with E-state index in [1.54, 1.807) is 22.9 Å². The quantitative estimate of drug-likeness (QED) is 0.439. The van der Waals surface area contributed by atoms with Gasteiger partial charge in [-0.25, -0.2) is 4.98 Å². The maximum absolute atomic E-state index is 13.2. The highest BCUT2D eigenvalue weighted by Crippen LogP contribution is 2.28. The average Bonchev–Trinajstić information content (AvgIpc) is 2.83. The molecule has 0 aliphatic heterocycles. The van der Waals surface area contributed by atoms with Crippen LogP contribution in [-0.2, 0) is 0 Å². The van der Waals surface area contributed by atoms with E-state index >= 15 is 0 Å². The van der Waals surface area contributed by atoms with E-state index in [-0.39, 0.29) is 11.6 Å². The Morgan fingerprint density at radius 1 is 0.710 bits per heavy atom. The fourth-order valence-corrected chi connectivity index (χ4v) is 3.76. The molecule has 0 aliphatic rings. The van der Waals surface area contributed by atoms with Crippen LogP contribution in [0.25, 0.3) is 11.0 Å². The molecule has 0 atom stereocenters. The minimum absolute atomic E-state index is 0.116. The molecule has 0 unspecified atom stereocenters. The molecule has 0 saturated carbocycles. The van der Waals surface area contributed by atoms with Gasteiger partial charge < -0.3 is 5.32 Å². The number of para-hydroxylation sites is 1. The van der Waals surface area contributed by atoms with Crippen molar-refractivity contribution in [2.24, 2.45) is 0 Å². The number of pyridine rings is 1. The van der Waals surface area contributed by atoms with Crippen LogP contribution in [0.3, 0.4) is 0 Å². The molecule has 31 heavy (non-hydrogen) atoms. The maximum Gasteiger partial charge on any atom is 0.253 e. The number of hydrogen-bond acceptors (Lipinski definition) is 4. The molecule has 150 valence electrons. The van der Waals surface area contributed by atoms with Crippen molar-refractivity contribution in [3.05, 3.63) is 131 Å². The molecular weight excluding hydrogens is 384 g/mol. The van der Waals surface area contributed by atoms with Crippen molar-refractivity contribution in [3.63, 3.8) is 0 Å². The Morgan fingerprint density at radius 3 is 1.90 bits per heavy atom. The van der Waals surface area contributed by atoms with E-state index in [4.69, 9.17) is 4.98 Å². The van der Waals surface area contributed by atoms with E-state index in [1.165, 1.54) is 0 Å². The van der Waals surface area contributed by atoms with Crippen LogP contribution in [0.2, 0.25) is 0 Å². The monoisotopic (exact) mass is 404 g/mol. The maximum atomic E-state index is 13.2. The third kappa shape index (κ3) is 3.81. The number of benzene rings is 3. The van der Waals surface area contributed by atoms with Crippen LogP contribution in [0, 0.1) is 0 Å². The zero-order valence-corrected chi connectivity index (χ0v) is 16.7. The summed E-state index contributed by atoms with van der Waals surface area (Å²) in [4.78, 5) is 22.4. The van der Waals surface area contributed by atoms with Crippen LogP contribution in [0.4, 0.5) is 11.6 Å². The Bertz CT molecular complexity index is 1330. The Labute approximate surface area is 179 Å². The number of anilines is 2. The molecule has 0 amide bonds. The van der Waals surface area contributed by atoms with Crippen LogP contribution in [-0.4, -0.2) is 14.5 Å².